The lowest BCUT2D eigenvalue weighted by molar-refractivity contribution is 0.188. The fourth-order valence-corrected chi connectivity index (χ4v) is 3.80. The van der Waals surface area contributed by atoms with Crippen molar-refractivity contribution in [3.63, 3.8) is 0 Å². The normalized spacial score (nSPS) is 28.9. The van der Waals surface area contributed by atoms with Gasteiger partial charge in [0.2, 0.25) is 0 Å². The number of benzene rings is 1. The highest BCUT2D eigenvalue weighted by Crippen LogP contribution is 2.37. The van der Waals surface area contributed by atoms with Crippen LogP contribution < -0.4 is 5.32 Å². The predicted octanol–water partition coefficient (Wildman–Crippen LogP) is 3.21. The molecule has 0 aromatic heterocycles. The van der Waals surface area contributed by atoms with E-state index in [-0.39, 0.29) is 11.9 Å². The largest absolute Gasteiger partial charge is 0.317 e. The van der Waals surface area contributed by atoms with E-state index in [9.17, 15) is 4.39 Å². The zero-order valence-corrected chi connectivity index (χ0v) is 12.3. The maximum Gasteiger partial charge on any atom is 0.127 e. The average molecular weight is 276 g/mol. The van der Waals surface area contributed by atoms with Crippen LogP contribution in [0.5, 0.6) is 0 Å². The van der Waals surface area contributed by atoms with Crippen molar-refractivity contribution >= 4 is 0 Å². The molecule has 0 bridgehead atoms. The maximum atomic E-state index is 14.1. The minimum absolute atomic E-state index is 0.0399. The molecule has 1 N–H and O–H groups in total. The van der Waals surface area contributed by atoms with E-state index in [4.69, 9.17) is 0 Å². The Morgan fingerprint density at radius 1 is 1.25 bits per heavy atom. The molecular formula is C17H25FN2. The van der Waals surface area contributed by atoms with E-state index in [0.29, 0.717) is 5.92 Å². The van der Waals surface area contributed by atoms with Crippen LogP contribution in [-0.4, -0.2) is 31.1 Å². The van der Waals surface area contributed by atoms with Crippen molar-refractivity contribution in [1.82, 2.24) is 10.2 Å². The van der Waals surface area contributed by atoms with Crippen LogP contribution in [0, 0.1) is 17.7 Å². The van der Waals surface area contributed by atoms with Gasteiger partial charge in [0.1, 0.15) is 5.82 Å². The van der Waals surface area contributed by atoms with E-state index in [0.717, 1.165) is 44.1 Å². The van der Waals surface area contributed by atoms with Crippen LogP contribution in [-0.2, 0) is 0 Å². The molecule has 1 aromatic carbocycles. The zero-order chi connectivity index (χ0) is 13.9. The number of hydrogen-bond acceptors (Lipinski definition) is 2. The van der Waals surface area contributed by atoms with Crippen molar-refractivity contribution in [3.8, 4) is 0 Å². The molecule has 2 unspecified atom stereocenters. The summed E-state index contributed by atoms with van der Waals surface area (Å²) in [6.07, 6.45) is 3.61. The molecule has 2 fully saturated rings. The van der Waals surface area contributed by atoms with Crippen LogP contribution >= 0.6 is 0 Å². The first-order valence-electron chi connectivity index (χ1n) is 7.93. The van der Waals surface area contributed by atoms with Gasteiger partial charge in [0.15, 0.2) is 0 Å². The summed E-state index contributed by atoms with van der Waals surface area (Å²) in [5, 5.41) is 3.42. The van der Waals surface area contributed by atoms with Crippen molar-refractivity contribution in [3.05, 3.63) is 35.6 Å². The predicted molar refractivity (Wildman–Crippen MR) is 80.1 cm³/mol. The molecule has 3 heteroatoms. The highest BCUT2D eigenvalue weighted by Gasteiger charge is 2.33. The summed E-state index contributed by atoms with van der Waals surface area (Å²) in [7, 11) is 0. The number of nitrogens with one attached hydrogen (secondary N) is 1. The van der Waals surface area contributed by atoms with Crippen LogP contribution in [0.3, 0.4) is 0 Å². The van der Waals surface area contributed by atoms with E-state index in [1.165, 1.54) is 12.8 Å². The number of halogens is 1. The lowest BCUT2D eigenvalue weighted by Crippen LogP contribution is -2.36. The Bertz CT molecular complexity index is 442. The second-order valence-electron chi connectivity index (χ2n) is 6.53. The van der Waals surface area contributed by atoms with Crippen molar-refractivity contribution in [2.45, 2.75) is 32.2 Å². The van der Waals surface area contributed by atoms with Crippen LogP contribution in [0.25, 0.3) is 0 Å². The molecule has 3 rings (SSSR count). The monoisotopic (exact) mass is 276 g/mol. The van der Waals surface area contributed by atoms with Gasteiger partial charge in [-0.15, -0.1) is 0 Å². The van der Waals surface area contributed by atoms with E-state index in [1.807, 2.05) is 12.1 Å². The standard InChI is InChI=1S/C17H25FN2/c1-13-10-17(15-4-2-3-5-16(15)18)20(11-13)12-14-6-8-19-9-7-14/h2-5,13-14,17,19H,6-12H2,1H3. The summed E-state index contributed by atoms with van der Waals surface area (Å²) < 4.78 is 14.1. The molecule has 2 aliphatic rings. The molecule has 1 aromatic rings. The van der Waals surface area contributed by atoms with Gasteiger partial charge in [-0.3, -0.25) is 4.90 Å². The molecule has 0 saturated carbocycles. The molecule has 2 nitrogen and oxygen atoms in total. The van der Waals surface area contributed by atoms with Crippen LogP contribution in [0.1, 0.15) is 37.8 Å². The van der Waals surface area contributed by atoms with E-state index < -0.39 is 0 Å². The van der Waals surface area contributed by atoms with Crippen molar-refractivity contribution < 1.29 is 4.39 Å². The molecule has 2 atom stereocenters. The Labute approximate surface area is 121 Å². The first-order chi connectivity index (χ1) is 9.74. The highest BCUT2D eigenvalue weighted by atomic mass is 19.1. The van der Waals surface area contributed by atoms with E-state index in [2.05, 4.69) is 17.1 Å². The molecular weight excluding hydrogens is 251 g/mol. The van der Waals surface area contributed by atoms with Crippen LogP contribution in [0.2, 0.25) is 0 Å². The van der Waals surface area contributed by atoms with E-state index in [1.54, 1.807) is 12.1 Å². The second-order valence-corrected chi connectivity index (χ2v) is 6.53. The molecule has 2 aliphatic heterocycles. The van der Waals surface area contributed by atoms with Crippen molar-refractivity contribution in [1.29, 1.82) is 0 Å². The van der Waals surface area contributed by atoms with Gasteiger partial charge in [0.05, 0.1) is 0 Å². The Morgan fingerprint density at radius 3 is 2.75 bits per heavy atom. The van der Waals surface area contributed by atoms with Gasteiger partial charge in [-0.2, -0.15) is 0 Å². The first-order valence-corrected chi connectivity index (χ1v) is 7.93. The molecule has 0 spiro atoms. The Morgan fingerprint density at radius 2 is 2.00 bits per heavy atom. The molecule has 0 aliphatic carbocycles. The molecule has 2 saturated heterocycles. The molecule has 0 amide bonds. The third-order valence-corrected chi connectivity index (χ3v) is 4.83. The Hall–Kier alpha value is -0.930. The molecule has 2 heterocycles. The summed E-state index contributed by atoms with van der Waals surface area (Å²) in [6.45, 7) is 6.81. The van der Waals surface area contributed by atoms with Crippen LogP contribution in [0.4, 0.5) is 4.39 Å². The molecule has 20 heavy (non-hydrogen) atoms. The maximum absolute atomic E-state index is 14.1. The Kier molecular flexibility index (Phi) is 4.37. The van der Waals surface area contributed by atoms with Gasteiger partial charge in [0.25, 0.3) is 0 Å². The van der Waals surface area contributed by atoms with Gasteiger partial charge in [-0.1, -0.05) is 25.1 Å². The zero-order valence-electron chi connectivity index (χ0n) is 12.3. The number of nitrogens with zero attached hydrogens (tertiary/aromatic N) is 1. The fourth-order valence-electron chi connectivity index (χ4n) is 3.80. The fraction of sp³-hybridized carbons (Fsp3) is 0.647. The van der Waals surface area contributed by atoms with Gasteiger partial charge < -0.3 is 5.32 Å². The second kappa shape index (κ2) is 6.23. The summed E-state index contributed by atoms with van der Waals surface area (Å²) in [5.41, 5.74) is 0.894. The van der Waals surface area contributed by atoms with Gasteiger partial charge in [-0.05, 0) is 50.3 Å². The third kappa shape index (κ3) is 3.04. The number of piperidine rings is 1. The number of likely N-dealkylation sites (tertiary alicyclic amines) is 1. The van der Waals surface area contributed by atoms with Crippen molar-refractivity contribution in [2.75, 3.05) is 26.2 Å². The molecule has 110 valence electrons. The topological polar surface area (TPSA) is 15.3 Å². The number of hydrogen-bond donors (Lipinski definition) is 1. The van der Waals surface area contributed by atoms with Crippen LogP contribution in [0.15, 0.2) is 24.3 Å². The number of rotatable bonds is 3. The summed E-state index contributed by atoms with van der Waals surface area (Å²) in [6, 6.07) is 7.59. The summed E-state index contributed by atoms with van der Waals surface area (Å²) in [5.74, 6) is 1.40. The minimum atomic E-state index is -0.0399. The molecule has 0 radical (unpaired) electrons. The highest BCUT2D eigenvalue weighted by molar-refractivity contribution is 5.22. The van der Waals surface area contributed by atoms with Gasteiger partial charge in [-0.25, -0.2) is 4.39 Å². The lowest BCUT2D eigenvalue weighted by Gasteiger charge is -2.31. The Balaban J connectivity index is 1.73. The minimum Gasteiger partial charge on any atom is -0.317 e. The quantitative estimate of drug-likeness (QED) is 0.912. The van der Waals surface area contributed by atoms with Gasteiger partial charge >= 0.3 is 0 Å². The third-order valence-electron chi connectivity index (χ3n) is 4.83. The smallest absolute Gasteiger partial charge is 0.127 e. The summed E-state index contributed by atoms with van der Waals surface area (Å²) in [4.78, 5) is 2.53. The van der Waals surface area contributed by atoms with Crippen molar-refractivity contribution in [2.24, 2.45) is 11.8 Å². The van der Waals surface area contributed by atoms with Gasteiger partial charge in [0, 0.05) is 24.7 Å². The first kappa shape index (κ1) is 14.0. The SMILES string of the molecule is CC1CC(c2ccccc2F)N(CC2CCNCC2)C1. The van der Waals surface area contributed by atoms with E-state index >= 15 is 0 Å². The lowest BCUT2D eigenvalue weighted by atomic mass is 9.96. The average Bonchev–Trinajstić information content (AvgIpc) is 2.81. The summed E-state index contributed by atoms with van der Waals surface area (Å²) >= 11 is 0.